The van der Waals surface area contributed by atoms with Gasteiger partial charge in [-0.25, -0.2) is 8.78 Å². The fourth-order valence-electron chi connectivity index (χ4n) is 2.65. The lowest BCUT2D eigenvalue weighted by Crippen LogP contribution is -2.43. The predicted octanol–water partition coefficient (Wildman–Crippen LogP) is 1.47. The minimum absolute atomic E-state index is 0.103. The van der Waals surface area contributed by atoms with Crippen LogP contribution >= 0.6 is 0 Å². The zero-order chi connectivity index (χ0) is 12.2. The number of benzene rings is 1. The summed E-state index contributed by atoms with van der Waals surface area (Å²) in [7, 11) is 1.33. The number of methoxy groups -OCH3 is 1. The van der Waals surface area contributed by atoms with E-state index in [0.29, 0.717) is 24.1 Å². The maximum Gasteiger partial charge on any atom is 0.326 e. The Labute approximate surface area is 96.8 Å². The number of carbonyl (C=O) groups is 1. The fraction of sp³-hybridized carbons (Fsp3) is 0.417. The van der Waals surface area contributed by atoms with Gasteiger partial charge in [-0.1, -0.05) is 0 Å². The summed E-state index contributed by atoms with van der Waals surface area (Å²) in [4.78, 5) is 11.6. The van der Waals surface area contributed by atoms with Crippen LogP contribution in [0, 0.1) is 11.6 Å². The molecule has 5 heteroatoms. The SMILES string of the molecule is COC(=O)[C@]12C[C@@H]1c1cc(F)c(F)cc1CN2. The third-order valence-corrected chi connectivity index (χ3v) is 3.66. The molecule has 1 aliphatic heterocycles. The van der Waals surface area contributed by atoms with Gasteiger partial charge in [-0.3, -0.25) is 10.1 Å². The van der Waals surface area contributed by atoms with Crippen LogP contribution in [0.1, 0.15) is 23.5 Å². The molecule has 2 aliphatic rings. The number of halogens is 2. The van der Waals surface area contributed by atoms with Crippen LogP contribution in [0.2, 0.25) is 0 Å². The van der Waals surface area contributed by atoms with Crippen molar-refractivity contribution in [1.29, 1.82) is 0 Å². The van der Waals surface area contributed by atoms with Crippen molar-refractivity contribution in [2.75, 3.05) is 7.11 Å². The molecule has 0 bridgehead atoms. The molecule has 1 aromatic carbocycles. The highest BCUT2D eigenvalue weighted by atomic mass is 19.2. The molecule has 1 fully saturated rings. The van der Waals surface area contributed by atoms with Crippen LogP contribution in [0.4, 0.5) is 8.78 Å². The molecule has 0 unspecified atom stereocenters. The van der Waals surface area contributed by atoms with Crippen molar-refractivity contribution in [1.82, 2.24) is 5.32 Å². The first-order chi connectivity index (χ1) is 8.08. The Hall–Kier alpha value is -1.49. The number of fused-ring (bicyclic) bond motifs is 3. The number of hydrogen-bond acceptors (Lipinski definition) is 3. The van der Waals surface area contributed by atoms with Crippen LogP contribution < -0.4 is 5.32 Å². The van der Waals surface area contributed by atoms with Gasteiger partial charge in [0.1, 0.15) is 5.54 Å². The van der Waals surface area contributed by atoms with Crippen molar-refractivity contribution in [3.8, 4) is 0 Å². The van der Waals surface area contributed by atoms with Gasteiger partial charge in [0, 0.05) is 12.5 Å². The summed E-state index contributed by atoms with van der Waals surface area (Å²) < 4.78 is 31.0. The van der Waals surface area contributed by atoms with Crippen molar-refractivity contribution >= 4 is 5.97 Å². The molecule has 0 amide bonds. The summed E-state index contributed by atoms with van der Waals surface area (Å²) in [5, 5.41) is 3.06. The lowest BCUT2D eigenvalue weighted by atomic mass is 9.95. The molecular weight excluding hydrogens is 228 g/mol. The average Bonchev–Trinajstić information content (AvgIpc) is 3.06. The summed E-state index contributed by atoms with van der Waals surface area (Å²) in [5.74, 6) is -2.15. The first kappa shape index (κ1) is 10.7. The Kier molecular flexibility index (Phi) is 2.04. The number of hydrogen-bond donors (Lipinski definition) is 1. The topological polar surface area (TPSA) is 38.3 Å². The Morgan fingerprint density at radius 2 is 2.18 bits per heavy atom. The average molecular weight is 239 g/mol. The second kappa shape index (κ2) is 3.26. The number of nitrogens with one attached hydrogen (secondary N) is 1. The second-order valence-corrected chi connectivity index (χ2v) is 4.54. The maximum atomic E-state index is 13.2. The molecule has 1 aromatic rings. The minimum Gasteiger partial charge on any atom is -0.468 e. The van der Waals surface area contributed by atoms with E-state index in [9.17, 15) is 13.6 Å². The van der Waals surface area contributed by atoms with Gasteiger partial charge >= 0.3 is 5.97 Å². The molecule has 0 spiro atoms. The smallest absolute Gasteiger partial charge is 0.326 e. The van der Waals surface area contributed by atoms with Gasteiger partial charge in [0.15, 0.2) is 11.6 Å². The van der Waals surface area contributed by atoms with E-state index in [1.54, 1.807) is 0 Å². The lowest BCUT2D eigenvalue weighted by Gasteiger charge is -2.24. The first-order valence-electron chi connectivity index (χ1n) is 5.40. The quantitative estimate of drug-likeness (QED) is 0.754. The molecule has 90 valence electrons. The van der Waals surface area contributed by atoms with E-state index in [-0.39, 0.29) is 11.9 Å². The molecule has 1 heterocycles. The van der Waals surface area contributed by atoms with E-state index in [1.807, 2.05) is 0 Å². The van der Waals surface area contributed by atoms with Crippen LogP contribution in [0.5, 0.6) is 0 Å². The fourth-order valence-corrected chi connectivity index (χ4v) is 2.65. The number of rotatable bonds is 1. The Balaban J connectivity index is 2.02. The third-order valence-electron chi connectivity index (χ3n) is 3.66. The maximum absolute atomic E-state index is 13.2. The highest BCUT2D eigenvalue weighted by Crippen LogP contribution is 2.55. The van der Waals surface area contributed by atoms with Gasteiger partial charge in [0.2, 0.25) is 0 Å². The first-order valence-corrected chi connectivity index (χ1v) is 5.40. The molecule has 3 nitrogen and oxygen atoms in total. The molecule has 1 aliphatic carbocycles. The summed E-state index contributed by atoms with van der Waals surface area (Å²) in [6.45, 7) is 0.359. The third kappa shape index (κ3) is 1.32. The van der Waals surface area contributed by atoms with Crippen molar-refractivity contribution in [3.63, 3.8) is 0 Å². The number of esters is 1. The van der Waals surface area contributed by atoms with Crippen molar-refractivity contribution < 1.29 is 18.3 Å². The van der Waals surface area contributed by atoms with Gasteiger partial charge in [-0.2, -0.15) is 0 Å². The Morgan fingerprint density at radius 3 is 2.88 bits per heavy atom. The van der Waals surface area contributed by atoms with E-state index >= 15 is 0 Å². The summed E-state index contributed by atoms with van der Waals surface area (Å²) in [6.07, 6.45) is 0.581. The monoisotopic (exact) mass is 239 g/mol. The van der Waals surface area contributed by atoms with Crippen molar-refractivity contribution in [2.24, 2.45) is 0 Å². The molecule has 0 radical (unpaired) electrons. The Bertz CT molecular complexity index is 517. The van der Waals surface area contributed by atoms with E-state index in [0.717, 1.165) is 0 Å². The Morgan fingerprint density at radius 1 is 1.47 bits per heavy atom. The predicted molar refractivity (Wildman–Crippen MR) is 55.3 cm³/mol. The molecule has 3 rings (SSSR count). The van der Waals surface area contributed by atoms with Crippen molar-refractivity contribution in [3.05, 3.63) is 34.9 Å². The van der Waals surface area contributed by atoms with E-state index in [1.165, 1.54) is 19.2 Å². The highest BCUT2D eigenvalue weighted by molar-refractivity contribution is 5.87. The molecular formula is C12H11F2NO2. The van der Waals surface area contributed by atoms with Gasteiger partial charge in [-0.05, 0) is 29.7 Å². The largest absolute Gasteiger partial charge is 0.468 e. The molecule has 0 saturated heterocycles. The molecule has 1 N–H and O–H groups in total. The standard InChI is InChI=1S/C12H11F2NO2/c1-17-11(16)12-4-8(12)7-3-10(14)9(13)2-6(7)5-15-12/h2-3,8,15H,4-5H2,1H3/t8-,12+/m1/s1. The van der Waals surface area contributed by atoms with Gasteiger partial charge in [-0.15, -0.1) is 0 Å². The van der Waals surface area contributed by atoms with Crippen LogP contribution in [0.3, 0.4) is 0 Å². The second-order valence-electron chi connectivity index (χ2n) is 4.54. The number of ether oxygens (including phenoxy) is 1. The van der Waals surface area contributed by atoms with Gasteiger partial charge < -0.3 is 4.74 Å². The zero-order valence-corrected chi connectivity index (χ0v) is 9.22. The molecule has 2 atom stereocenters. The lowest BCUT2D eigenvalue weighted by molar-refractivity contribution is -0.144. The molecule has 17 heavy (non-hydrogen) atoms. The summed E-state index contributed by atoms with van der Waals surface area (Å²) in [6, 6.07) is 2.39. The summed E-state index contributed by atoms with van der Waals surface area (Å²) in [5.41, 5.74) is 0.713. The minimum atomic E-state index is -0.865. The zero-order valence-electron chi connectivity index (χ0n) is 9.22. The van der Waals surface area contributed by atoms with E-state index in [2.05, 4.69) is 5.32 Å². The van der Waals surface area contributed by atoms with Crippen LogP contribution in [-0.4, -0.2) is 18.6 Å². The van der Waals surface area contributed by atoms with Crippen LogP contribution in [0.25, 0.3) is 0 Å². The molecule has 0 aromatic heterocycles. The normalized spacial score (nSPS) is 29.2. The highest BCUT2D eigenvalue weighted by Gasteiger charge is 2.63. The molecule has 1 saturated carbocycles. The van der Waals surface area contributed by atoms with E-state index < -0.39 is 17.2 Å². The number of carbonyl (C=O) groups excluding carboxylic acids is 1. The van der Waals surface area contributed by atoms with Crippen LogP contribution in [-0.2, 0) is 16.1 Å². The summed E-state index contributed by atoms with van der Waals surface area (Å²) >= 11 is 0. The van der Waals surface area contributed by atoms with E-state index in [4.69, 9.17) is 4.74 Å². The van der Waals surface area contributed by atoms with Gasteiger partial charge in [0.25, 0.3) is 0 Å². The van der Waals surface area contributed by atoms with Gasteiger partial charge in [0.05, 0.1) is 7.11 Å². The van der Waals surface area contributed by atoms with Crippen molar-refractivity contribution in [2.45, 2.75) is 24.4 Å². The van der Waals surface area contributed by atoms with Crippen LogP contribution in [0.15, 0.2) is 12.1 Å².